The fraction of sp³-hybridized carbons (Fsp3) is 0.727. The molecule has 0 saturated carbocycles. The number of rotatable bonds is 4. The molecule has 0 atom stereocenters. The molecule has 0 bridgehead atoms. The lowest BCUT2D eigenvalue weighted by atomic mass is 10.1. The first kappa shape index (κ1) is 11.6. The van der Waals surface area contributed by atoms with Gasteiger partial charge in [-0.2, -0.15) is 5.10 Å². The maximum Gasteiger partial charge on any atom is 0.0640 e. The average molecular weight is 224 g/mol. The highest BCUT2D eigenvalue weighted by atomic mass is 16.3. The van der Waals surface area contributed by atoms with Crippen LogP contribution < -0.4 is 5.73 Å². The molecule has 5 nitrogen and oxygen atoms in total. The summed E-state index contributed by atoms with van der Waals surface area (Å²) in [6, 6.07) is 0.383. The molecule has 0 spiro atoms. The summed E-state index contributed by atoms with van der Waals surface area (Å²) in [4.78, 5) is 2.41. The first-order chi connectivity index (χ1) is 7.78. The van der Waals surface area contributed by atoms with Gasteiger partial charge >= 0.3 is 0 Å². The van der Waals surface area contributed by atoms with E-state index in [-0.39, 0.29) is 6.61 Å². The van der Waals surface area contributed by atoms with Crippen LogP contribution in [0.4, 0.5) is 0 Å². The highest BCUT2D eigenvalue weighted by Gasteiger charge is 2.16. The van der Waals surface area contributed by atoms with E-state index in [1.54, 1.807) is 4.68 Å². The van der Waals surface area contributed by atoms with Crippen molar-refractivity contribution in [3.05, 3.63) is 18.0 Å². The van der Waals surface area contributed by atoms with Crippen molar-refractivity contribution in [2.75, 3.05) is 19.7 Å². The number of aromatic nitrogens is 2. The van der Waals surface area contributed by atoms with Crippen LogP contribution in [0.3, 0.4) is 0 Å². The van der Waals surface area contributed by atoms with Gasteiger partial charge in [0.2, 0.25) is 0 Å². The van der Waals surface area contributed by atoms with Gasteiger partial charge in [-0.1, -0.05) is 0 Å². The van der Waals surface area contributed by atoms with Crippen LogP contribution in [0.1, 0.15) is 18.4 Å². The minimum atomic E-state index is 0.139. The fourth-order valence-electron chi connectivity index (χ4n) is 2.08. The summed E-state index contributed by atoms with van der Waals surface area (Å²) in [5, 5.41) is 13.0. The van der Waals surface area contributed by atoms with Crippen LogP contribution in [0.25, 0.3) is 0 Å². The third-order valence-corrected chi connectivity index (χ3v) is 3.05. The van der Waals surface area contributed by atoms with Gasteiger partial charge in [-0.05, 0) is 25.9 Å². The quantitative estimate of drug-likeness (QED) is 0.743. The first-order valence-electron chi connectivity index (χ1n) is 5.88. The van der Waals surface area contributed by atoms with E-state index in [1.165, 1.54) is 5.56 Å². The smallest absolute Gasteiger partial charge is 0.0640 e. The van der Waals surface area contributed by atoms with Gasteiger partial charge in [0, 0.05) is 24.3 Å². The van der Waals surface area contributed by atoms with Crippen LogP contribution in [-0.4, -0.2) is 45.5 Å². The van der Waals surface area contributed by atoms with Gasteiger partial charge in [-0.25, -0.2) is 0 Å². The van der Waals surface area contributed by atoms with E-state index in [0.717, 1.165) is 32.5 Å². The number of nitrogens with two attached hydrogens (primary N) is 1. The summed E-state index contributed by atoms with van der Waals surface area (Å²) in [6.07, 6.45) is 6.06. The van der Waals surface area contributed by atoms with Crippen molar-refractivity contribution >= 4 is 0 Å². The van der Waals surface area contributed by atoms with Gasteiger partial charge in [0.15, 0.2) is 0 Å². The Labute approximate surface area is 95.8 Å². The molecule has 0 aromatic carbocycles. The second kappa shape index (κ2) is 5.43. The predicted octanol–water partition coefficient (Wildman–Crippen LogP) is -0.202. The largest absolute Gasteiger partial charge is 0.394 e. The summed E-state index contributed by atoms with van der Waals surface area (Å²) < 4.78 is 1.78. The van der Waals surface area contributed by atoms with Crippen LogP contribution in [0.5, 0.6) is 0 Å². The molecule has 1 fully saturated rings. The molecule has 5 heteroatoms. The zero-order chi connectivity index (χ0) is 11.4. The van der Waals surface area contributed by atoms with Crippen molar-refractivity contribution in [3.8, 4) is 0 Å². The SMILES string of the molecule is NC1CCN(Cc2cnn(CCO)c2)CC1. The van der Waals surface area contributed by atoms with Crippen molar-refractivity contribution in [1.29, 1.82) is 0 Å². The van der Waals surface area contributed by atoms with Crippen LogP contribution >= 0.6 is 0 Å². The molecule has 3 N–H and O–H groups in total. The molecule has 0 aliphatic carbocycles. The number of hydrogen-bond donors (Lipinski definition) is 2. The Hall–Kier alpha value is -0.910. The molecule has 2 rings (SSSR count). The predicted molar refractivity (Wildman–Crippen MR) is 61.8 cm³/mol. The van der Waals surface area contributed by atoms with Crippen molar-refractivity contribution in [2.45, 2.75) is 32.0 Å². The molecule has 0 radical (unpaired) electrons. The van der Waals surface area contributed by atoms with Gasteiger partial charge in [-0.15, -0.1) is 0 Å². The number of aliphatic hydroxyl groups is 1. The van der Waals surface area contributed by atoms with Crippen molar-refractivity contribution in [3.63, 3.8) is 0 Å². The summed E-state index contributed by atoms with van der Waals surface area (Å²) in [5.74, 6) is 0. The first-order valence-corrected chi connectivity index (χ1v) is 5.88. The summed E-state index contributed by atoms with van der Waals surface area (Å²) >= 11 is 0. The summed E-state index contributed by atoms with van der Waals surface area (Å²) in [6.45, 7) is 3.81. The van der Waals surface area contributed by atoms with Gasteiger partial charge in [0.05, 0.1) is 19.3 Å². The molecule has 1 saturated heterocycles. The number of aliphatic hydroxyl groups excluding tert-OH is 1. The highest BCUT2D eigenvalue weighted by molar-refractivity contribution is 5.03. The number of piperidine rings is 1. The third kappa shape index (κ3) is 3.04. The van der Waals surface area contributed by atoms with Crippen LogP contribution in [0, 0.1) is 0 Å². The van der Waals surface area contributed by atoms with Gasteiger partial charge < -0.3 is 10.8 Å². The van der Waals surface area contributed by atoms with Crippen molar-refractivity contribution in [1.82, 2.24) is 14.7 Å². The standard InChI is InChI=1S/C11H20N4O/c12-11-1-3-14(4-2-11)8-10-7-13-15(9-10)5-6-16/h7,9,11,16H,1-6,8,12H2. The molecule has 2 heterocycles. The lowest BCUT2D eigenvalue weighted by Gasteiger charge is -2.29. The second-order valence-electron chi connectivity index (χ2n) is 4.45. The lowest BCUT2D eigenvalue weighted by Crippen LogP contribution is -2.39. The van der Waals surface area contributed by atoms with Crippen LogP contribution in [0.2, 0.25) is 0 Å². The molecule has 16 heavy (non-hydrogen) atoms. The normalized spacial score (nSPS) is 19.1. The zero-order valence-corrected chi connectivity index (χ0v) is 9.55. The van der Waals surface area contributed by atoms with E-state index >= 15 is 0 Å². The van der Waals surface area contributed by atoms with Gasteiger partial charge in [0.25, 0.3) is 0 Å². The average Bonchev–Trinajstić information content (AvgIpc) is 2.70. The molecule has 0 unspecified atom stereocenters. The van der Waals surface area contributed by atoms with Gasteiger partial charge in [-0.3, -0.25) is 9.58 Å². The molecule has 0 amide bonds. The van der Waals surface area contributed by atoms with E-state index in [9.17, 15) is 0 Å². The Morgan fingerprint density at radius 3 is 2.88 bits per heavy atom. The van der Waals surface area contributed by atoms with E-state index < -0.39 is 0 Å². The summed E-state index contributed by atoms with van der Waals surface area (Å²) in [5.41, 5.74) is 7.08. The second-order valence-corrected chi connectivity index (χ2v) is 4.45. The minimum absolute atomic E-state index is 0.139. The molecule has 1 aromatic rings. The van der Waals surface area contributed by atoms with E-state index in [4.69, 9.17) is 10.8 Å². The molecule has 1 aliphatic rings. The molecule has 1 aliphatic heterocycles. The van der Waals surface area contributed by atoms with Crippen LogP contribution in [0.15, 0.2) is 12.4 Å². The van der Waals surface area contributed by atoms with Crippen molar-refractivity contribution < 1.29 is 5.11 Å². The van der Waals surface area contributed by atoms with E-state index in [0.29, 0.717) is 12.6 Å². The van der Waals surface area contributed by atoms with Gasteiger partial charge in [0.1, 0.15) is 0 Å². The maximum atomic E-state index is 8.79. The maximum absolute atomic E-state index is 8.79. The summed E-state index contributed by atoms with van der Waals surface area (Å²) in [7, 11) is 0. The lowest BCUT2D eigenvalue weighted by molar-refractivity contribution is 0.205. The molecular formula is C11H20N4O. The minimum Gasteiger partial charge on any atom is -0.394 e. The number of hydrogen-bond acceptors (Lipinski definition) is 4. The topological polar surface area (TPSA) is 67.3 Å². The monoisotopic (exact) mass is 224 g/mol. The molecule has 1 aromatic heterocycles. The van der Waals surface area contributed by atoms with E-state index in [2.05, 4.69) is 10.00 Å². The Kier molecular flexibility index (Phi) is 3.93. The van der Waals surface area contributed by atoms with Crippen molar-refractivity contribution in [2.24, 2.45) is 5.73 Å². The number of likely N-dealkylation sites (tertiary alicyclic amines) is 1. The number of nitrogens with zero attached hydrogens (tertiary/aromatic N) is 3. The Balaban J connectivity index is 1.83. The highest BCUT2D eigenvalue weighted by Crippen LogP contribution is 2.11. The molecule has 90 valence electrons. The fourth-order valence-corrected chi connectivity index (χ4v) is 2.08. The Bertz CT molecular complexity index is 318. The third-order valence-electron chi connectivity index (χ3n) is 3.05. The Morgan fingerprint density at radius 1 is 1.44 bits per heavy atom. The zero-order valence-electron chi connectivity index (χ0n) is 9.55. The van der Waals surface area contributed by atoms with Crippen LogP contribution in [-0.2, 0) is 13.1 Å². The molecular weight excluding hydrogens is 204 g/mol. The Morgan fingerprint density at radius 2 is 2.19 bits per heavy atom. The van der Waals surface area contributed by atoms with E-state index in [1.807, 2.05) is 12.4 Å².